The van der Waals surface area contributed by atoms with Crippen LogP contribution in [0.4, 0.5) is 0 Å². The Labute approximate surface area is 116 Å². The number of aromatic nitrogens is 3. The van der Waals surface area contributed by atoms with Crippen LogP contribution in [0.25, 0.3) is 11.5 Å². The predicted molar refractivity (Wildman–Crippen MR) is 74.6 cm³/mol. The van der Waals surface area contributed by atoms with Gasteiger partial charge in [-0.2, -0.15) is 4.98 Å². The van der Waals surface area contributed by atoms with Gasteiger partial charge in [-0.1, -0.05) is 41.6 Å². The lowest BCUT2D eigenvalue weighted by Crippen LogP contribution is -2.13. The Bertz CT molecular complexity index is 667. The van der Waals surface area contributed by atoms with E-state index in [9.17, 15) is 0 Å². The Morgan fingerprint density at radius 3 is 2.60 bits per heavy atom. The predicted octanol–water partition coefficient (Wildman–Crippen LogP) is 2.37. The van der Waals surface area contributed by atoms with Crippen molar-refractivity contribution in [2.75, 3.05) is 0 Å². The van der Waals surface area contributed by atoms with Crippen molar-refractivity contribution in [3.63, 3.8) is 0 Å². The van der Waals surface area contributed by atoms with Gasteiger partial charge in [-0.15, -0.1) is 0 Å². The maximum atomic E-state index is 6.10. The number of rotatable bonds is 4. The van der Waals surface area contributed by atoms with Crippen LogP contribution < -0.4 is 5.73 Å². The Hall–Kier alpha value is -2.53. The molecule has 0 saturated carbocycles. The Morgan fingerprint density at radius 2 is 1.85 bits per heavy atom. The second kappa shape index (κ2) is 5.63. The number of pyridine rings is 1. The minimum Gasteiger partial charge on any atom is -0.337 e. The van der Waals surface area contributed by atoms with E-state index in [0.717, 1.165) is 5.56 Å². The first-order valence-electron chi connectivity index (χ1n) is 6.37. The van der Waals surface area contributed by atoms with Crippen molar-refractivity contribution in [2.45, 2.75) is 12.5 Å². The third-order valence-electron chi connectivity index (χ3n) is 2.95. The van der Waals surface area contributed by atoms with Gasteiger partial charge in [0.05, 0.1) is 6.04 Å². The monoisotopic (exact) mass is 266 g/mol. The maximum Gasteiger partial charge on any atom is 0.244 e. The van der Waals surface area contributed by atoms with Crippen LogP contribution in [0, 0.1) is 0 Å². The van der Waals surface area contributed by atoms with Crippen molar-refractivity contribution >= 4 is 0 Å². The third kappa shape index (κ3) is 2.73. The summed E-state index contributed by atoms with van der Waals surface area (Å²) in [6.45, 7) is 0. The van der Waals surface area contributed by atoms with Crippen molar-refractivity contribution in [1.82, 2.24) is 15.1 Å². The summed E-state index contributed by atoms with van der Waals surface area (Å²) in [4.78, 5) is 8.49. The Kier molecular flexibility index (Phi) is 3.52. The normalized spacial score (nSPS) is 12.2. The van der Waals surface area contributed by atoms with Gasteiger partial charge >= 0.3 is 0 Å². The van der Waals surface area contributed by atoms with Gasteiger partial charge in [0.2, 0.25) is 11.7 Å². The van der Waals surface area contributed by atoms with E-state index in [2.05, 4.69) is 15.1 Å². The van der Waals surface area contributed by atoms with Crippen molar-refractivity contribution in [3.8, 4) is 11.5 Å². The number of hydrogen-bond acceptors (Lipinski definition) is 5. The number of benzene rings is 1. The molecule has 1 aromatic carbocycles. The molecular weight excluding hydrogens is 252 g/mol. The van der Waals surface area contributed by atoms with Crippen LogP contribution in [0.5, 0.6) is 0 Å². The molecule has 0 saturated heterocycles. The van der Waals surface area contributed by atoms with Crippen LogP contribution in [0.3, 0.4) is 0 Å². The highest BCUT2D eigenvalue weighted by atomic mass is 16.5. The average Bonchev–Trinajstić information content (AvgIpc) is 2.99. The van der Waals surface area contributed by atoms with E-state index in [0.29, 0.717) is 23.8 Å². The van der Waals surface area contributed by atoms with E-state index in [1.54, 1.807) is 6.20 Å². The van der Waals surface area contributed by atoms with E-state index in [1.807, 2.05) is 48.5 Å². The first kappa shape index (κ1) is 12.5. The van der Waals surface area contributed by atoms with Crippen LogP contribution in [0.1, 0.15) is 17.5 Å². The smallest absolute Gasteiger partial charge is 0.244 e. The van der Waals surface area contributed by atoms with E-state index < -0.39 is 0 Å². The first-order chi connectivity index (χ1) is 9.83. The zero-order valence-corrected chi connectivity index (χ0v) is 10.8. The van der Waals surface area contributed by atoms with Crippen LogP contribution in [-0.2, 0) is 6.42 Å². The molecule has 0 aliphatic rings. The number of hydrogen-bond donors (Lipinski definition) is 1. The van der Waals surface area contributed by atoms with Gasteiger partial charge in [-0.25, -0.2) is 0 Å². The van der Waals surface area contributed by atoms with Gasteiger partial charge in [0.25, 0.3) is 0 Å². The lowest BCUT2D eigenvalue weighted by molar-refractivity contribution is 0.354. The largest absolute Gasteiger partial charge is 0.337 e. The van der Waals surface area contributed by atoms with Crippen molar-refractivity contribution in [3.05, 3.63) is 66.2 Å². The second-order valence-corrected chi connectivity index (χ2v) is 4.47. The minimum absolute atomic E-state index is 0.317. The molecular formula is C15H14N4O. The van der Waals surface area contributed by atoms with Gasteiger partial charge in [0.1, 0.15) is 5.69 Å². The summed E-state index contributed by atoms with van der Waals surface area (Å²) >= 11 is 0. The van der Waals surface area contributed by atoms with Gasteiger partial charge in [0, 0.05) is 6.20 Å². The summed E-state index contributed by atoms with van der Waals surface area (Å²) in [5.74, 6) is 0.888. The van der Waals surface area contributed by atoms with Crippen molar-refractivity contribution < 1.29 is 4.52 Å². The molecule has 100 valence electrons. The molecule has 5 nitrogen and oxygen atoms in total. The molecule has 1 unspecified atom stereocenters. The first-order valence-corrected chi connectivity index (χ1v) is 6.37. The van der Waals surface area contributed by atoms with E-state index in [1.165, 1.54) is 0 Å². The molecule has 2 N–H and O–H groups in total. The van der Waals surface area contributed by atoms with Gasteiger partial charge in [-0.3, -0.25) is 4.98 Å². The molecule has 0 amide bonds. The molecule has 0 aliphatic heterocycles. The minimum atomic E-state index is -0.317. The lowest BCUT2D eigenvalue weighted by Gasteiger charge is -2.05. The zero-order valence-electron chi connectivity index (χ0n) is 10.8. The summed E-state index contributed by atoms with van der Waals surface area (Å²) in [6, 6.07) is 15.2. The molecule has 0 radical (unpaired) electrons. The summed E-state index contributed by atoms with van der Waals surface area (Å²) in [6.07, 6.45) is 2.35. The molecule has 0 bridgehead atoms. The van der Waals surface area contributed by atoms with Crippen LogP contribution in [0.2, 0.25) is 0 Å². The van der Waals surface area contributed by atoms with E-state index in [-0.39, 0.29) is 6.04 Å². The molecule has 0 aliphatic carbocycles. The topological polar surface area (TPSA) is 77.8 Å². The highest BCUT2D eigenvalue weighted by molar-refractivity contribution is 5.47. The molecule has 3 aromatic rings. The van der Waals surface area contributed by atoms with Crippen molar-refractivity contribution in [2.24, 2.45) is 5.73 Å². The van der Waals surface area contributed by atoms with Crippen LogP contribution >= 0.6 is 0 Å². The van der Waals surface area contributed by atoms with Gasteiger partial charge in [0.15, 0.2) is 0 Å². The molecule has 5 heteroatoms. The summed E-state index contributed by atoms with van der Waals surface area (Å²) in [7, 11) is 0. The Balaban J connectivity index is 1.77. The fourth-order valence-electron chi connectivity index (χ4n) is 1.94. The average molecular weight is 266 g/mol. The van der Waals surface area contributed by atoms with Gasteiger partial charge < -0.3 is 10.3 Å². The number of nitrogens with zero attached hydrogens (tertiary/aromatic N) is 3. The SMILES string of the molecule is NC(Cc1ccccc1)c1nc(-c2ccccn2)no1. The highest BCUT2D eigenvalue weighted by Crippen LogP contribution is 2.18. The quantitative estimate of drug-likeness (QED) is 0.784. The lowest BCUT2D eigenvalue weighted by atomic mass is 10.1. The van der Waals surface area contributed by atoms with E-state index >= 15 is 0 Å². The second-order valence-electron chi connectivity index (χ2n) is 4.47. The fourth-order valence-corrected chi connectivity index (χ4v) is 1.94. The summed E-state index contributed by atoms with van der Waals surface area (Å²) in [5.41, 5.74) is 7.91. The number of nitrogens with two attached hydrogens (primary N) is 1. The molecule has 2 aromatic heterocycles. The maximum absolute atomic E-state index is 6.10. The van der Waals surface area contributed by atoms with Crippen molar-refractivity contribution in [1.29, 1.82) is 0 Å². The zero-order chi connectivity index (χ0) is 13.8. The Morgan fingerprint density at radius 1 is 1.05 bits per heavy atom. The highest BCUT2D eigenvalue weighted by Gasteiger charge is 2.16. The molecule has 3 rings (SSSR count). The standard InChI is InChI=1S/C15H14N4O/c16-12(10-11-6-2-1-3-7-11)15-18-14(19-20-15)13-8-4-5-9-17-13/h1-9,12H,10,16H2. The third-order valence-corrected chi connectivity index (χ3v) is 2.95. The van der Waals surface area contributed by atoms with Crippen LogP contribution in [-0.4, -0.2) is 15.1 Å². The van der Waals surface area contributed by atoms with Gasteiger partial charge in [-0.05, 0) is 24.1 Å². The molecule has 0 fully saturated rings. The summed E-state index contributed by atoms with van der Waals surface area (Å²) < 4.78 is 5.23. The van der Waals surface area contributed by atoms with Crippen LogP contribution in [0.15, 0.2) is 59.3 Å². The van der Waals surface area contributed by atoms with E-state index in [4.69, 9.17) is 10.3 Å². The molecule has 20 heavy (non-hydrogen) atoms. The molecule has 2 heterocycles. The molecule has 1 atom stereocenters. The summed E-state index contributed by atoms with van der Waals surface area (Å²) in [5, 5.41) is 3.92. The molecule has 0 spiro atoms. The fraction of sp³-hybridized carbons (Fsp3) is 0.133.